The first-order valence-electron chi connectivity index (χ1n) is 26.9. The minimum absolute atomic E-state index is 0.245. The first kappa shape index (κ1) is 118. The topological polar surface area (TPSA) is 0 Å². The first-order chi connectivity index (χ1) is 50.6. The molecule has 0 radical (unpaired) electrons. The van der Waals surface area contributed by atoms with E-state index in [1.54, 1.807) is 0 Å². The van der Waals surface area contributed by atoms with E-state index in [4.69, 9.17) is 0 Å². The highest BCUT2D eigenvalue weighted by Crippen LogP contribution is 2.75. The second-order valence-corrected chi connectivity index (χ2v) is 24.6. The molecule has 0 aromatic carbocycles. The molecule has 0 aliphatic carbocycles. The van der Waals surface area contributed by atoms with E-state index in [2.05, 4.69) is 0 Å². The lowest BCUT2D eigenvalue weighted by atomic mass is 9.81. The van der Waals surface area contributed by atoms with Crippen molar-refractivity contribution in [2.24, 2.45) is 11.8 Å². The fourth-order valence-electron chi connectivity index (χ4n) is 7.82. The summed E-state index contributed by atoms with van der Waals surface area (Å²) in [6.07, 6.45) is -22.8. The average Bonchev–Trinajstić information content (AvgIpc) is 0.677. The summed E-state index contributed by atoms with van der Waals surface area (Å²) in [4.78, 5) is 0. The molecule has 0 atom stereocenters. The van der Waals surface area contributed by atoms with Crippen LogP contribution in [-0.2, 0) is 0 Å². The minimum Gasteiger partial charge on any atom is -0.200 e. The molecule has 0 rings (SSSR count). The Kier molecular flexibility index (Phi) is 28.6. The van der Waals surface area contributed by atoms with Gasteiger partial charge in [0.1, 0.15) is 0 Å². The highest BCUT2D eigenvalue weighted by molar-refractivity contribution is 5.26. The molecule has 121 heavy (non-hydrogen) atoms. The molecule has 0 nitrogen and oxygen atoms in total. The average molecular weight is 2000 g/mol. The second kappa shape index (κ2) is 29.4. The maximum absolute atomic E-state index is 14.0. The van der Waals surface area contributed by atoms with Crippen molar-refractivity contribution in [1.29, 1.82) is 0 Å². The van der Waals surface area contributed by atoms with E-state index in [0.29, 0.717) is 0 Å². The quantitative estimate of drug-likeness (QED) is 0.0544. The second-order valence-electron chi connectivity index (χ2n) is 24.6. The molecule has 0 amide bonds. The van der Waals surface area contributed by atoms with Crippen LogP contribution >= 0.6 is 0 Å². The van der Waals surface area contributed by atoms with Gasteiger partial charge in [-0.3, -0.25) is 0 Å². The van der Waals surface area contributed by atoms with Gasteiger partial charge in [-0.05, 0) is 11.8 Å². The largest absolute Gasteiger partial charge is 0.460 e. The fraction of sp³-hybridized carbons (Fsp3) is 1.00. The van der Waals surface area contributed by atoms with Crippen molar-refractivity contribution >= 4 is 0 Å². The maximum atomic E-state index is 14.0. The van der Waals surface area contributed by atoms with Crippen molar-refractivity contribution in [2.75, 3.05) is 0 Å². The van der Waals surface area contributed by atoms with E-state index in [-0.39, 0.29) is 27.7 Å². The minimum atomic E-state index is -10.5. The summed E-state index contributed by atoms with van der Waals surface area (Å²) < 4.78 is 1030. The Morgan fingerprint density at radius 1 is 0.0992 bits per heavy atom. The predicted molar refractivity (Wildman–Crippen MR) is 224 cm³/mol. The van der Waals surface area contributed by atoms with E-state index < -0.39 is 244 Å². The molecule has 0 aliphatic heterocycles. The lowest BCUT2D eigenvalue weighted by Gasteiger charge is -2.47. The van der Waals surface area contributed by atoms with Gasteiger partial charge in [0.05, 0.1) is 0 Å². The Balaban J connectivity index is 0. The Hall–Kier alpha value is -5.32. The molecule has 0 saturated carbocycles. The Morgan fingerprint density at radius 3 is 0.215 bits per heavy atom. The maximum Gasteiger partial charge on any atom is 0.460 e. The van der Waals surface area contributed by atoms with Crippen LogP contribution in [-0.4, -0.2) is 220 Å². The molecule has 0 N–H and O–H groups in total. The van der Waals surface area contributed by atoms with Gasteiger partial charge < -0.3 is 0 Å². The van der Waals surface area contributed by atoms with Crippen LogP contribution in [0.2, 0.25) is 0 Å². The van der Waals surface area contributed by atoms with Gasteiger partial charge in [0.2, 0.25) is 0 Å². The van der Waals surface area contributed by atoms with Gasteiger partial charge >= 0.3 is 220 Å². The standard InChI is InChI=1S/C23H9F39.C22H9F37/c1-4(2)3-5(24,25)6(26,27)7(28,29)8(30,31)9(32,33)10(34,35)11(36,37)12(38,39)13(40,41)14(42,43)15(44,45)16(46,47)17(48,49)18(50,51)19(52,53)20(54,55)21(56,57)22(58,59)23(60,61)62;1-4(2)3-5(23,24)6(25,26)7(27,28)8(29,30)9(31,32)10(33,34)11(35,36)12(37,38)13(39,40)14(41,42)15(43,44)16(45,46)17(47,48)18(49,50)19(51,52)20(53,54)21(55,56)22(57,58)59/h4H,3H2,1-2H3;4H,3H2,1-2H3. The normalized spacial score (nSPS) is 17.3. The van der Waals surface area contributed by atoms with Crippen molar-refractivity contribution in [2.45, 2.75) is 260 Å². The molecule has 0 unspecified atom stereocenters. The van der Waals surface area contributed by atoms with Crippen molar-refractivity contribution < 1.29 is 334 Å². The van der Waals surface area contributed by atoms with E-state index in [0.717, 1.165) is 0 Å². The van der Waals surface area contributed by atoms with Gasteiger partial charge in [-0.1, -0.05) is 27.7 Å². The van der Waals surface area contributed by atoms with Gasteiger partial charge in [-0.2, -0.15) is 334 Å². The summed E-state index contributed by atoms with van der Waals surface area (Å²) in [5.74, 6) is -345. The number of halogens is 76. The molecule has 0 aromatic rings. The molecule has 0 aliphatic rings. The first-order valence-corrected chi connectivity index (χ1v) is 26.9. The Morgan fingerprint density at radius 2 is 0.157 bits per heavy atom. The smallest absolute Gasteiger partial charge is 0.200 e. The van der Waals surface area contributed by atoms with E-state index in [9.17, 15) is 334 Å². The van der Waals surface area contributed by atoms with Gasteiger partial charge in [-0.25, -0.2) is 0 Å². The summed E-state index contributed by atoms with van der Waals surface area (Å²) in [6.45, 7) is 1.02. The lowest BCUT2D eigenvalue weighted by Crippen LogP contribution is -2.80. The summed E-state index contributed by atoms with van der Waals surface area (Å²) in [5, 5.41) is 0. The molecule has 730 valence electrons. The fourth-order valence-corrected chi connectivity index (χ4v) is 7.82. The van der Waals surface area contributed by atoms with Gasteiger partial charge in [0.25, 0.3) is 0 Å². The number of rotatable bonds is 37. The molecule has 76 heteroatoms. The van der Waals surface area contributed by atoms with E-state index in [1.807, 2.05) is 0 Å². The molecule has 0 heterocycles. The molecule has 0 spiro atoms. The summed E-state index contributed by atoms with van der Waals surface area (Å²) in [5.41, 5.74) is 0. The third-order valence-corrected chi connectivity index (χ3v) is 15.2. The van der Waals surface area contributed by atoms with Crippen LogP contribution in [0.15, 0.2) is 0 Å². The van der Waals surface area contributed by atoms with Gasteiger partial charge in [0.15, 0.2) is 0 Å². The van der Waals surface area contributed by atoms with Crippen LogP contribution in [0.3, 0.4) is 0 Å². The SMILES string of the molecule is CC(C)CC(F)(F)C(F)(F)C(F)(F)C(F)(F)C(F)(F)C(F)(F)C(F)(F)C(F)(F)C(F)(F)C(F)(F)C(F)(F)C(F)(F)C(F)(F)C(F)(F)C(F)(F)C(F)(F)C(F)(F)C(F)(F)C(F)(F)F.CC(C)CC(F)(F)C(F)(F)C(F)(F)C(F)(F)C(F)(F)C(F)(F)C(F)(F)C(F)(F)C(F)(F)C(F)(F)C(F)(F)C(F)(F)C(F)(F)C(F)(F)C(F)(F)C(F)(F)C(F)(F)C(F)(F)F. The summed E-state index contributed by atoms with van der Waals surface area (Å²) >= 11 is 0. The van der Waals surface area contributed by atoms with E-state index >= 15 is 0 Å². The van der Waals surface area contributed by atoms with Crippen LogP contribution in [0.5, 0.6) is 0 Å². The Labute approximate surface area is 606 Å². The zero-order chi connectivity index (χ0) is 101. The van der Waals surface area contributed by atoms with Crippen molar-refractivity contribution in [3.63, 3.8) is 0 Å². The van der Waals surface area contributed by atoms with Crippen molar-refractivity contribution in [1.82, 2.24) is 0 Å². The molecule has 0 bridgehead atoms. The third-order valence-electron chi connectivity index (χ3n) is 15.2. The van der Waals surface area contributed by atoms with Crippen molar-refractivity contribution in [3.05, 3.63) is 0 Å². The lowest BCUT2D eigenvalue weighted by molar-refractivity contribution is -0.494. The Bertz CT molecular complexity index is 3560. The summed E-state index contributed by atoms with van der Waals surface area (Å²) in [7, 11) is 0. The molecule has 0 aromatic heterocycles. The van der Waals surface area contributed by atoms with Crippen LogP contribution in [0.4, 0.5) is 334 Å². The van der Waals surface area contributed by atoms with Crippen LogP contribution in [0, 0.1) is 11.8 Å². The zero-order valence-corrected chi connectivity index (χ0v) is 53.8. The van der Waals surface area contributed by atoms with Gasteiger partial charge in [-0.15, -0.1) is 0 Å². The van der Waals surface area contributed by atoms with Crippen LogP contribution < -0.4 is 0 Å². The molecular weight excluding hydrogens is 1980 g/mol. The zero-order valence-electron chi connectivity index (χ0n) is 53.8. The van der Waals surface area contributed by atoms with Gasteiger partial charge in [0, 0.05) is 12.8 Å². The summed E-state index contributed by atoms with van der Waals surface area (Å²) in [6, 6.07) is 0. The monoisotopic (exact) mass is 2000 g/mol. The molecule has 0 saturated heterocycles. The van der Waals surface area contributed by atoms with Crippen LogP contribution in [0.25, 0.3) is 0 Å². The molecular formula is C45H18F76. The number of hydrogen-bond acceptors (Lipinski definition) is 0. The van der Waals surface area contributed by atoms with E-state index in [1.165, 1.54) is 0 Å². The third kappa shape index (κ3) is 14.2. The molecule has 0 fully saturated rings. The van der Waals surface area contributed by atoms with Crippen LogP contribution in [0.1, 0.15) is 40.5 Å². The highest BCUT2D eigenvalue weighted by atomic mass is 19.5. The predicted octanol–water partition coefficient (Wildman–Crippen LogP) is 27.4. The van der Waals surface area contributed by atoms with Crippen molar-refractivity contribution in [3.8, 4) is 0 Å². The number of alkyl halides is 76. The highest BCUT2D eigenvalue weighted by Gasteiger charge is 3.06. The number of hydrogen-bond donors (Lipinski definition) is 0.